The number of aryl methyl sites for hydroxylation is 1. The van der Waals surface area contributed by atoms with Crippen LogP contribution in [0.15, 0.2) is 66.7 Å². The van der Waals surface area contributed by atoms with E-state index in [1.165, 1.54) is 5.56 Å². The lowest BCUT2D eigenvalue weighted by atomic mass is 9.99. The summed E-state index contributed by atoms with van der Waals surface area (Å²) in [6.45, 7) is 2.07. The van der Waals surface area contributed by atoms with Crippen LogP contribution in [0.1, 0.15) is 46.6 Å². The molecule has 3 nitrogen and oxygen atoms in total. The lowest BCUT2D eigenvalue weighted by molar-refractivity contribution is -0.186. The van der Waals surface area contributed by atoms with E-state index in [9.17, 15) is 0 Å². The molecule has 0 N–H and O–H groups in total. The van der Waals surface area contributed by atoms with Crippen molar-refractivity contribution in [2.45, 2.75) is 37.8 Å². The second-order valence-corrected chi connectivity index (χ2v) is 7.63. The molecule has 1 aliphatic carbocycles. The van der Waals surface area contributed by atoms with Crippen molar-refractivity contribution in [2.24, 2.45) is 0 Å². The van der Waals surface area contributed by atoms with Crippen LogP contribution in [-0.2, 0) is 21.7 Å². The highest BCUT2D eigenvalue weighted by Gasteiger charge is 2.54. The minimum Gasteiger partial charge on any atom is -0.333 e. The number of hydrogen-bond acceptors (Lipinski definition) is 3. The second kappa shape index (κ2) is 6.45. The second-order valence-electron chi connectivity index (χ2n) is 7.24. The van der Waals surface area contributed by atoms with Crippen LogP contribution in [-0.4, -0.2) is 4.98 Å². The Morgan fingerprint density at radius 2 is 1.48 bits per heavy atom. The SMILES string of the molecule is Cc1cc(Cl)nc2c1CCC21O[C@@H](c2ccccc2)[C@H](c2ccccc2)O1. The van der Waals surface area contributed by atoms with E-state index < -0.39 is 5.79 Å². The van der Waals surface area contributed by atoms with E-state index in [1.807, 2.05) is 42.5 Å². The van der Waals surface area contributed by atoms with Gasteiger partial charge in [0.15, 0.2) is 0 Å². The molecule has 2 atom stereocenters. The molecule has 0 radical (unpaired) electrons. The fourth-order valence-corrected chi connectivity index (χ4v) is 4.51. The van der Waals surface area contributed by atoms with Gasteiger partial charge in [-0.15, -0.1) is 0 Å². The maximum atomic E-state index is 6.66. The molecule has 1 aliphatic heterocycles. The van der Waals surface area contributed by atoms with E-state index in [4.69, 9.17) is 21.1 Å². The summed E-state index contributed by atoms with van der Waals surface area (Å²) in [5, 5.41) is 0.485. The molecule has 2 aliphatic rings. The summed E-state index contributed by atoms with van der Waals surface area (Å²) in [5.41, 5.74) is 5.39. The number of halogens is 1. The van der Waals surface area contributed by atoms with Crippen molar-refractivity contribution in [3.05, 3.63) is 99.8 Å². The minimum atomic E-state index is -0.841. The van der Waals surface area contributed by atoms with Crippen molar-refractivity contribution in [2.75, 3.05) is 0 Å². The van der Waals surface area contributed by atoms with Gasteiger partial charge in [-0.25, -0.2) is 4.98 Å². The van der Waals surface area contributed by atoms with E-state index in [0.29, 0.717) is 5.15 Å². The number of hydrogen-bond donors (Lipinski definition) is 0. The quantitative estimate of drug-likeness (QED) is 0.539. The number of fused-ring (bicyclic) bond motifs is 2. The largest absolute Gasteiger partial charge is 0.333 e. The standard InChI is InChI=1S/C23H20ClNO2/c1-15-14-19(24)25-22-18(15)12-13-23(22)26-20(16-8-4-2-5-9-16)21(27-23)17-10-6-3-7-11-17/h2-11,14,20-21H,12-13H2,1H3/t20-,21-/m0/s1. The first kappa shape index (κ1) is 16.9. The minimum absolute atomic E-state index is 0.194. The predicted molar refractivity (Wildman–Crippen MR) is 105 cm³/mol. The fourth-order valence-electron chi connectivity index (χ4n) is 4.26. The van der Waals surface area contributed by atoms with Crippen LogP contribution >= 0.6 is 11.6 Å². The third kappa shape index (κ3) is 2.78. The summed E-state index contributed by atoms with van der Waals surface area (Å²) in [7, 11) is 0. The molecule has 136 valence electrons. The molecule has 4 heteroatoms. The van der Waals surface area contributed by atoms with Gasteiger partial charge in [0.05, 0.1) is 0 Å². The predicted octanol–water partition coefficient (Wildman–Crippen LogP) is 5.67. The molecule has 27 heavy (non-hydrogen) atoms. The third-order valence-electron chi connectivity index (χ3n) is 5.55. The molecule has 2 heterocycles. The topological polar surface area (TPSA) is 31.4 Å². The van der Waals surface area contributed by atoms with Gasteiger partial charge in [0.1, 0.15) is 23.1 Å². The summed E-state index contributed by atoms with van der Waals surface area (Å²) in [5.74, 6) is -0.841. The van der Waals surface area contributed by atoms with Crippen LogP contribution < -0.4 is 0 Å². The summed E-state index contributed by atoms with van der Waals surface area (Å²) in [6, 6.07) is 22.5. The van der Waals surface area contributed by atoms with Gasteiger partial charge in [0, 0.05) is 6.42 Å². The van der Waals surface area contributed by atoms with Crippen LogP contribution in [0.2, 0.25) is 5.15 Å². The highest BCUT2D eigenvalue weighted by atomic mass is 35.5. The van der Waals surface area contributed by atoms with Crippen LogP contribution in [0, 0.1) is 6.92 Å². The zero-order chi connectivity index (χ0) is 18.4. The van der Waals surface area contributed by atoms with Crippen LogP contribution in [0.25, 0.3) is 0 Å². The Kier molecular flexibility index (Phi) is 4.05. The molecule has 0 amide bonds. The van der Waals surface area contributed by atoms with Crippen LogP contribution in [0.5, 0.6) is 0 Å². The Labute approximate surface area is 163 Å². The van der Waals surface area contributed by atoms with E-state index in [1.54, 1.807) is 0 Å². The zero-order valence-corrected chi connectivity index (χ0v) is 15.8. The summed E-state index contributed by atoms with van der Waals surface area (Å²) < 4.78 is 13.3. The smallest absolute Gasteiger partial charge is 0.214 e. The van der Waals surface area contributed by atoms with E-state index in [2.05, 4.69) is 36.2 Å². The van der Waals surface area contributed by atoms with Crippen molar-refractivity contribution in [1.29, 1.82) is 0 Å². The Bertz CT molecular complexity index is 927. The van der Waals surface area contributed by atoms with Crippen molar-refractivity contribution in [3.8, 4) is 0 Å². The summed E-state index contributed by atoms with van der Waals surface area (Å²) in [6.07, 6.45) is 1.25. The fraction of sp³-hybridized carbons (Fsp3) is 0.261. The van der Waals surface area contributed by atoms with E-state index in [-0.39, 0.29) is 12.2 Å². The molecule has 1 saturated heterocycles. The van der Waals surface area contributed by atoms with Gasteiger partial charge in [0.25, 0.3) is 0 Å². The first-order valence-electron chi connectivity index (χ1n) is 9.28. The first-order valence-corrected chi connectivity index (χ1v) is 9.66. The molecule has 2 aromatic carbocycles. The van der Waals surface area contributed by atoms with Gasteiger partial charge in [-0.3, -0.25) is 0 Å². The van der Waals surface area contributed by atoms with Crippen molar-refractivity contribution >= 4 is 11.6 Å². The van der Waals surface area contributed by atoms with Gasteiger partial charge in [-0.2, -0.15) is 0 Å². The van der Waals surface area contributed by atoms with Gasteiger partial charge < -0.3 is 9.47 Å². The molecular formula is C23H20ClNO2. The summed E-state index contributed by atoms with van der Waals surface area (Å²) in [4.78, 5) is 4.62. The first-order chi connectivity index (χ1) is 13.2. The Morgan fingerprint density at radius 1 is 0.926 bits per heavy atom. The maximum Gasteiger partial charge on any atom is 0.214 e. The van der Waals surface area contributed by atoms with Crippen molar-refractivity contribution in [1.82, 2.24) is 4.98 Å². The van der Waals surface area contributed by atoms with Gasteiger partial charge in [-0.05, 0) is 41.7 Å². The highest BCUT2D eigenvalue weighted by Crippen LogP contribution is 2.56. The third-order valence-corrected chi connectivity index (χ3v) is 5.74. The zero-order valence-electron chi connectivity index (χ0n) is 15.1. The summed E-state index contributed by atoms with van der Waals surface area (Å²) >= 11 is 6.27. The normalized spacial score (nSPS) is 22.9. The number of benzene rings is 2. The lowest BCUT2D eigenvalue weighted by Crippen LogP contribution is -2.25. The number of aromatic nitrogens is 1. The molecule has 0 saturated carbocycles. The average Bonchev–Trinajstić information content (AvgIpc) is 3.26. The molecule has 0 bridgehead atoms. The highest BCUT2D eigenvalue weighted by molar-refractivity contribution is 6.29. The van der Waals surface area contributed by atoms with Crippen molar-refractivity contribution in [3.63, 3.8) is 0 Å². The number of ether oxygens (including phenoxy) is 2. The lowest BCUT2D eigenvalue weighted by Gasteiger charge is -2.23. The number of nitrogens with zero attached hydrogens (tertiary/aromatic N) is 1. The number of pyridine rings is 1. The van der Waals surface area contributed by atoms with E-state index >= 15 is 0 Å². The Morgan fingerprint density at radius 3 is 2.04 bits per heavy atom. The molecule has 1 aromatic heterocycles. The molecule has 3 aromatic rings. The monoisotopic (exact) mass is 377 g/mol. The van der Waals surface area contributed by atoms with Gasteiger partial charge in [-0.1, -0.05) is 72.3 Å². The molecular weight excluding hydrogens is 358 g/mol. The van der Waals surface area contributed by atoms with E-state index in [0.717, 1.165) is 35.2 Å². The van der Waals surface area contributed by atoms with Gasteiger partial charge >= 0.3 is 0 Å². The number of rotatable bonds is 2. The molecule has 0 unspecified atom stereocenters. The molecule has 1 spiro atoms. The van der Waals surface area contributed by atoms with Gasteiger partial charge in [0.2, 0.25) is 5.79 Å². The Balaban J connectivity index is 1.62. The average molecular weight is 378 g/mol. The molecule has 5 rings (SSSR count). The van der Waals surface area contributed by atoms with Crippen LogP contribution in [0.4, 0.5) is 0 Å². The van der Waals surface area contributed by atoms with Crippen LogP contribution in [0.3, 0.4) is 0 Å². The van der Waals surface area contributed by atoms with Crippen molar-refractivity contribution < 1.29 is 9.47 Å². The Hall–Kier alpha value is -2.20. The maximum absolute atomic E-state index is 6.66. The molecule has 1 fully saturated rings.